The van der Waals surface area contributed by atoms with Crippen LogP contribution in [-0.2, 0) is 35.3 Å². The number of likely N-dealkylation sites (tertiary alicyclic amines) is 1. The lowest BCUT2D eigenvalue weighted by atomic mass is 10.0. The molecule has 0 bridgehead atoms. The fraction of sp³-hybridized carbons (Fsp3) is 0.400. The fourth-order valence-electron chi connectivity index (χ4n) is 2.79. The van der Waals surface area contributed by atoms with Gasteiger partial charge in [0.2, 0.25) is 0 Å². The number of hydrogen-bond donors (Lipinski definition) is 1. The van der Waals surface area contributed by atoms with Gasteiger partial charge >= 0.3 is 11.9 Å². The van der Waals surface area contributed by atoms with Gasteiger partial charge in [0.1, 0.15) is 23.7 Å². The molecule has 1 aromatic carbocycles. The van der Waals surface area contributed by atoms with Crippen LogP contribution in [0.2, 0.25) is 0 Å². The Kier molecular flexibility index (Phi) is 7.83. The Bertz CT molecular complexity index is 820. The molecule has 1 aromatic rings. The quantitative estimate of drug-likeness (QED) is 0.387. The first-order valence-corrected chi connectivity index (χ1v) is 10.2. The lowest BCUT2D eigenvalue weighted by Gasteiger charge is -2.46. The van der Waals surface area contributed by atoms with E-state index in [0.717, 1.165) is 5.56 Å². The van der Waals surface area contributed by atoms with E-state index in [1.807, 2.05) is 30.3 Å². The van der Waals surface area contributed by atoms with Crippen molar-refractivity contribution in [2.24, 2.45) is 0 Å². The largest absolute Gasteiger partial charge is 0.456 e. The van der Waals surface area contributed by atoms with Crippen LogP contribution in [-0.4, -0.2) is 52.9 Å². The molecular formula is C20H24N2O6S. The van der Waals surface area contributed by atoms with Crippen LogP contribution in [0.1, 0.15) is 26.3 Å². The summed E-state index contributed by atoms with van der Waals surface area (Å²) in [5, 5.41) is 2.07. The van der Waals surface area contributed by atoms with E-state index in [4.69, 9.17) is 4.74 Å². The highest BCUT2D eigenvalue weighted by Gasteiger charge is 2.51. The van der Waals surface area contributed by atoms with Crippen molar-refractivity contribution in [3.63, 3.8) is 0 Å². The normalized spacial score (nSPS) is 17.8. The van der Waals surface area contributed by atoms with Crippen molar-refractivity contribution in [1.29, 1.82) is 0 Å². The number of carbonyl (C=O) groups excluding carboxylic acids is 4. The molecule has 1 fully saturated rings. The van der Waals surface area contributed by atoms with E-state index in [1.165, 1.54) is 23.6 Å². The van der Waals surface area contributed by atoms with Crippen molar-refractivity contribution in [3.05, 3.63) is 47.2 Å². The smallest absolute Gasteiger partial charge is 0.355 e. The van der Waals surface area contributed by atoms with Crippen LogP contribution < -0.4 is 5.32 Å². The van der Waals surface area contributed by atoms with Gasteiger partial charge in [-0.15, -0.1) is 11.8 Å². The summed E-state index contributed by atoms with van der Waals surface area (Å²) in [7, 11) is 0. The number of β-lactam (4-membered cyclic amide) rings is 1. The zero-order chi connectivity index (χ0) is 21.6. The number of hydrogen-bond acceptors (Lipinski definition) is 7. The summed E-state index contributed by atoms with van der Waals surface area (Å²) in [4.78, 5) is 49.4. The monoisotopic (exact) mass is 420 g/mol. The van der Waals surface area contributed by atoms with Gasteiger partial charge in [-0.05, 0) is 31.2 Å². The number of nitrogens with one attached hydrogen (secondary N) is 1. The topological polar surface area (TPSA) is 102 Å². The number of benzene rings is 1. The molecule has 2 amide bonds. The third kappa shape index (κ3) is 5.60. The second-order valence-corrected chi connectivity index (χ2v) is 7.52. The molecule has 1 heterocycles. The number of thioether (sulfide) groups is 1. The highest BCUT2D eigenvalue weighted by molar-refractivity contribution is 7.99. The van der Waals surface area contributed by atoms with Crippen LogP contribution in [0.15, 0.2) is 41.6 Å². The van der Waals surface area contributed by atoms with Gasteiger partial charge in [0.15, 0.2) is 6.61 Å². The molecule has 2 atom stereocenters. The van der Waals surface area contributed by atoms with Crippen LogP contribution in [0.5, 0.6) is 0 Å². The number of allylic oxidation sites excluding steroid dienone is 1. The number of ether oxygens (including phenoxy) is 2. The van der Waals surface area contributed by atoms with Crippen molar-refractivity contribution in [2.45, 2.75) is 38.8 Å². The Morgan fingerprint density at radius 2 is 1.76 bits per heavy atom. The second-order valence-electron chi connectivity index (χ2n) is 6.57. The summed E-state index contributed by atoms with van der Waals surface area (Å²) in [5.41, 5.74) is 1.62. The first-order valence-electron chi connectivity index (χ1n) is 8.93. The molecule has 156 valence electrons. The highest BCUT2D eigenvalue weighted by Crippen LogP contribution is 2.34. The van der Waals surface area contributed by atoms with E-state index in [0.29, 0.717) is 5.57 Å². The van der Waals surface area contributed by atoms with Crippen molar-refractivity contribution < 1.29 is 28.7 Å². The van der Waals surface area contributed by atoms with E-state index >= 15 is 0 Å². The van der Waals surface area contributed by atoms with E-state index in [1.54, 1.807) is 20.1 Å². The van der Waals surface area contributed by atoms with E-state index in [-0.39, 0.29) is 12.3 Å². The summed E-state index contributed by atoms with van der Waals surface area (Å²) in [6.45, 7) is 4.25. The minimum atomic E-state index is -0.815. The third-order valence-corrected chi connectivity index (χ3v) is 5.09. The lowest BCUT2D eigenvalue weighted by Crippen LogP contribution is -2.69. The molecular weight excluding hydrogens is 396 g/mol. The van der Waals surface area contributed by atoms with Crippen LogP contribution in [0.3, 0.4) is 0 Å². The van der Waals surface area contributed by atoms with Crippen molar-refractivity contribution in [2.75, 3.05) is 12.9 Å². The van der Waals surface area contributed by atoms with Gasteiger partial charge < -0.3 is 14.8 Å². The Hall–Kier alpha value is -2.81. The number of amides is 2. The number of carbonyl (C=O) groups is 4. The second kappa shape index (κ2) is 10.1. The average Bonchev–Trinajstić information content (AvgIpc) is 2.69. The van der Waals surface area contributed by atoms with E-state index in [9.17, 15) is 19.2 Å². The molecule has 0 aliphatic carbocycles. The maximum absolute atomic E-state index is 12.7. The maximum Gasteiger partial charge on any atom is 0.355 e. The molecule has 1 saturated heterocycles. The van der Waals surface area contributed by atoms with Crippen LogP contribution >= 0.6 is 11.8 Å². The third-order valence-electron chi connectivity index (χ3n) is 4.13. The van der Waals surface area contributed by atoms with Gasteiger partial charge in [0.05, 0.1) is 0 Å². The van der Waals surface area contributed by atoms with Gasteiger partial charge in [-0.25, -0.2) is 4.79 Å². The number of rotatable bonds is 8. The van der Waals surface area contributed by atoms with Crippen LogP contribution in [0, 0.1) is 0 Å². The van der Waals surface area contributed by atoms with E-state index < -0.39 is 41.8 Å². The van der Waals surface area contributed by atoms with Crippen LogP contribution in [0.25, 0.3) is 0 Å². The maximum atomic E-state index is 12.7. The van der Waals surface area contributed by atoms with Crippen LogP contribution in [0.4, 0.5) is 0 Å². The molecule has 0 spiro atoms. The molecule has 2 rings (SSSR count). The first kappa shape index (κ1) is 22.5. The fourth-order valence-corrected chi connectivity index (χ4v) is 3.67. The van der Waals surface area contributed by atoms with E-state index in [2.05, 4.69) is 10.1 Å². The summed E-state index contributed by atoms with van der Waals surface area (Å²) < 4.78 is 10.0. The summed E-state index contributed by atoms with van der Waals surface area (Å²) in [6.07, 6.45) is 1.77. The minimum Gasteiger partial charge on any atom is -0.456 e. The molecule has 0 saturated carbocycles. The number of nitrogens with zero attached hydrogens (tertiary/aromatic N) is 1. The van der Waals surface area contributed by atoms with Gasteiger partial charge in [-0.3, -0.25) is 19.3 Å². The van der Waals surface area contributed by atoms with Gasteiger partial charge in [-0.1, -0.05) is 30.3 Å². The van der Waals surface area contributed by atoms with Gasteiger partial charge in [0, 0.05) is 6.92 Å². The minimum absolute atomic E-state index is 0.0883. The molecule has 0 aromatic heterocycles. The van der Waals surface area contributed by atoms with Crippen molar-refractivity contribution >= 4 is 35.5 Å². The van der Waals surface area contributed by atoms with Crippen molar-refractivity contribution in [1.82, 2.24) is 10.2 Å². The summed E-state index contributed by atoms with van der Waals surface area (Å²) in [5.74, 6) is -2.20. The zero-order valence-electron chi connectivity index (χ0n) is 16.8. The molecule has 9 heteroatoms. The standard InChI is InChI=1S/C20H24N2O6S/c1-12(2)17(20(26)28-10-14-8-6-5-7-9-14)22-18(25)16(19(22)29-4)21-15(24)11-27-13(3)23/h5-9,16,19H,10-11H2,1-4H3,(H,21,24)/t16-,19-/m1/s1. The van der Waals surface area contributed by atoms with Gasteiger partial charge in [0.25, 0.3) is 11.8 Å². The molecule has 1 aliphatic rings. The molecule has 0 unspecified atom stereocenters. The first-order chi connectivity index (χ1) is 13.8. The zero-order valence-corrected chi connectivity index (χ0v) is 17.6. The summed E-state index contributed by atoms with van der Waals surface area (Å²) in [6, 6.07) is 8.41. The highest BCUT2D eigenvalue weighted by atomic mass is 32.2. The lowest BCUT2D eigenvalue weighted by molar-refractivity contribution is -0.154. The molecule has 8 nitrogen and oxygen atoms in total. The summed E-state index contributed by atoms with van der Waals surface area (Å²) >= 11 is 1.32. The Morgan fingerprint density at radius 1 is 1.10 bits per heavy atom. The molecule has 29 heavy (non-hydrogen) atoms. The average molecular weight is 420 g/mol. The van der Waals surface area contributed by atoms with Gasteiger partial charge in [-0.2, -0.15) is 0 Å². The predicted molar refractivity (Wildman–Crippen MR) is 107 cm³/mol. The Morgan fingerprint density at radius 3 is 2.31 bits per heavy atom. The molecule has 0 radical (unpaired) electrons. The molecule has 1 aliphatic heterocycles. The SMILES string of the molecule is CS[C@@H]1[C@H](NC(=O)COC(C)=O)C(=O)N1C(C(=O)OCc1ccccc1)=C(C)C. The Labute approximate surface area is 173 Å². The molecule has 1 N–H and O–H groups in total. The number of esters is 2. The predicted octanol–water partition coefficient (Wildman–Crippen LogP) is 1.60. The Balaban J connectivity index is 2.06. The van der Waals surface area contributed by atoms with Crippen molar-refractivity contribution in [3.8, 4) is 0 Å².